The van der Waals surface area contributed by atoms with Gasteiger partial charge in [0.15, 0.2) is 0 Å². The topological polar surface area (TPSA) is 26.3 Å². The van der Waals surface area contributed by atoms with Crippen molar-refractivity contribution in [2.75, 3.05) is 11.5 Å². The first-order valence-electron chi connectivity index (χ1n) is 7.59. The lowest BCUT2D eigenvalue weighted by Gasteiger charge is -2.18. The predicted octanol–water partition coefficient (Wildman–Crippen LogP) is 9.24. The molecule has 0 bridgehead atoms. The molecule has 0 unspecified atom stereocenters. The summed E-state index contributed by atoms with van der Waals surface area (Å²) in [6.45, 7) is 3.50. The normalized spacial score (nSPS) is 11.0. The highest BCUT2D eigenvalue weighted by Crippen LogP contribution is 2.40. The van der Waals surface area contributed by atoms with Crippen molar-refractivity contribution in [2.24, 2.45) is 0 Å². The second kappa shape index (κ2) is 12.3. The fourth-order valence-electron chi connectivity index (χ4n) is 2.01. The van der Waals surface area contributed by atoms with E-state index in [2.05, 4.69) is 102 Å². The Hall–Kier alpha value is 1.23. The second-order valence-corrected chi connectivity index (χ2v) is 12.6. The molecule has 2 rings (SSSR count). The van der Waals surface area contributed by atoms with Gasteiger partial charge in [-0.25, -0.2) is 4.79 Å². The van der Waals surface area contributed by atoms with Crippen molar-refractivity contribution in [2.45, 2.75) is 15.9 Å². The van der Waals surface area contributed by atoms with Crippen LogP contribution in [0.3, 0.4) is 0 Å². The van der Waals surface area contributed by atoms with Crippen molar-refractivity contribution in [3.8, 4) is 0 Å². The first-order chi connectivity index (χ1) is 13.2. The van der Waals surface area contributed by atoms with Crippen LogP contribution in [0, 0.1) is 0 Å². The van der Waals surface area contributed by atoms with Crippen LogP contribution in [0.4, 0.5) is 0 Å². The number of ether oxygens (including phenoxy) is 1. The van der Waals surface area contributed by atoms with Crippen LogP contribution >= 0.6 is 119 Å². The molecule has 0 amide bonds. The average Bonchev–Trinajstić information content (AvgIpc) is 2.59. The van der Waals surface area contributed by atoms with Gasteiger partial charge in [0, 0.05) is 54.2 Å². The molecule has 0 aliphatic rings. The zero-order valence-electron chi connectivity index (χ0n) is 14.0. The zero-order chi connectivity index (χ0) is 20.8. The van der Waals surface area contributed by atoms with E-state index in [9.17, 15) is 4.79 Å². The molecule has 0 radical (unpaired) electrons. The Labute approximate surface area is 223 Å². The van der Waals surface area contributed by atoms with E-state index in [1.807, 2.05) is 24.3 Å². The van der Waals surface area contributed by atoms with Gasteiger partial charge in [-0.3, -0.25) is 0 Å². The molecule has 0 saturated carbocycles. The molecule has 10 heteroatoms. The van der Waals surface area contributed by atoms with Gasteiger partial charge in [-0.15, -0.1) is 23.5 Å². The van der Waals surface area contributed by atoms with Crippen LogP contribution in [0.15, 0.2) is 73.5 Å². The molecule has 0 saturated heterocycles. The molecule has 0 atom stereocenters. The van der Waals surface area contributed by atoms with E-state index < -0.39 is 5.97 Å². The number of esters is 1. The fraction of sp³-hybridized carbons (Fsp3) is 0.167. The van der Waals surface area contributed by atoms with Crippen molar-refractivity contribution >= 4 is 125 Å². The summed E-state index contributed by atoms with van der Waals surface area (Å²) in [7, 11) is 0. The molecule has 0 fully saturated rings. The number of benzene rings is 2. The van der Waals surface area contributed by atoms with Crippen molar-refractivity contribution in [3.05, 3.63) is 63.8 Å². The predicted molar refractivity (Wildman–Crippen MR) is 141 cm³/mol. The van der Waals surface area contributed by atoms with Gasteiger partial charge in [-0.2, -0.15) is 0 Å². The summed E-state index contributed by atoms with van der Waals surface area (Å²) in [6.07, 6.45) is 0.907. The third-order valence-corrected chi connectivity index (χ3v) is 10.2. The molecule has 0 aliphatic heterocycles. The Kier molecular flexibility index (Phi) is 11.2. The number of rotatable bonds is 8. The van der Waals surface area contributed by atoms with Gasteiger partial charge in [0.2, 0.25) is 0 Å². The maximum Gasteiger partial charge on any atom is 0.330 e. The summed E-state index contributed by atoms with van der Waals surface area (Å²) >= 11 is 24.5. The van der Waals surface area contributed by atoms with Gasteiger partial charge < -0.3 is 4.74 Å². The van der Waals surface area contributed by atoms with Gasteiger partial charge in [-0.1, -0.05) is 38.4 Å². The van der Waals surface area contributed by atoms with Crippen LogP contribution in [0.5, 0.6) is 0 Å². The second-order valence-electron chi connectivity index (χ2n) is 5.28. The summed E-state index contributed by atoms with van der Waals surface area (Å²) < 4.78 is 11.4. The van der Waals surface area contributed by atoms with Crippen LogP contribution in [-0.2, 0) is 9.53 Å². The monoisotopic (exact) mass is 798 g/mol. The highest BCUT2D eigenvalue weighted by molar-refractivity contribution is 9.12. The lowest BCUT2D eigenvalue weighted by molar-refractivity contribution is -0.140. The molecular formula is C18H12Br6O2S2. The highest BCUT2D eigenvalue weighted by Gasteiger charge is 2.18. The molecule has 28 heavy (non-hydrogen) atoms. The quantitative estimate of drug-likeness (QED) is 0.151. The Morgan fingerprint density at radius 3 is 1.54 bits per heavy atom. The van der Waals surface area contributed by atoms with Crippen LogP contribution in [0.1, 0.15) is 0 Å². The van der Waals surface area contributed by atoms with E-state index in [-0.39, 0.29) is 6.10 Å². The van der Waals surface area contributed by atoms with E-state index in [1.165, 1.54) is 6.08 Å². The Balaban J connectivity index is 2.12. The minimum atomic E-state index is -0.422. The van der Waals surface area contributed by atoms with E-state index in [4.69, 9.17) is 4.74 Å². The summed E-state index contributed by atoms with van der Waals surface area (Å²) in [4.78, 5) is 13.9. The van der Waals surface area contributed by atoms with Gasteiger partial charge in [0.05, 0.1) is 0 Å². The molecule has 150 valence electrons. The first-order valence-corrected chi connectivity index (χ1v) is 14.3. The molecule has 2 nitrogen and oxygen atoms in total. The lowest BCUT2D eigenvalue weighted by Crippen LogP contribution is -2.22. The van der Waals surface area contributed by atoms with E-state index >= 15 is 0 Å². The summed E-state index contributed by atoms with van der Waals surface area (Å²) in [6, 6.07) is 7.95. The zero-order valence-corrected chi connectivity index (χ0v) is 25.1. The maximum absolute atomic E-state index is 11.8. The third-order valence-electron chi connectivity index (χ3n) is 3.20. The Bertz CT molecular complexity index is 783. The SMILES string of the molecule is C=CC(=O)OC(CSc1c(Br)cc(Br)cc1Br)CSc1c(Br)cc(Br)cc1Br. The van der Waals surface area contributed by atoms with Crippen LogP contribution in [-0.4, -0.2) is 23.6 Å². The van der Waals surface area contributed by atoms with E-state index in [1.54, 1.807) is 23.5 Å². The van der Waals surface area contributed by atoms with Crippen LogP contribution in [0.25, 0.3) is 0 Å². The van der Waals surface area contributed by atoms with Gasteiger partial charge in [-0.05, 0) is 88.0 Å². The van der Waals surface area contributed by atoms with Crippen molar-refractivity contribution in [1.29, 1.82) is 0 Å². The van der Waals surface area contributed by atoms with Gasteiger partial charge in [0.25, 0.3) is 0 Å². The number of carbonyl (C=O) groups is 1. The molecule has 2 aromatic carbocycles. The van der Waals surface area contributed by atoms with Crippen LogP contribution in [0.2, 0.25) is 0 Å². The van der Waals surface area contributed by atoms with Gasteiger partial charge >= 0.3 is 5.97 Å². The standard InChI is InChI=1S/C18H12Br6O2S2/c1-2-16(25)26-11(7-27-17-12(21)3-9(19)4-13(17)22)8-28-18-14(23)5-10(20)6-15(18)24/h2-6,11H,1,7-8H2. The first kappa shape index (κ1) is 25.5. The largest absolute Gasteiger partial charge is 0.457 e. The molecular weight excluding hydrogens is 792 g/mol. The van der Waals surface area contributed by atoms with Crippen LogP contribution < -0.4 is 0 Å². The number of halogens is 6. The van der Waals surface area contributed by atoms with E-state index in [0.717, 1.165) is 36.6 Å². The fourth-order valence-corrected chi connectivity index (χ4v) is 9.92. The summed E-state index contributed by atoms with van der Waals surface area (Å²) in [5.74, 6) is 0.794. The molecule has 0 spiro atoms. The van der Waals surface area contributed by atoms with Gasteiger partial charge in [0.1, 0.15) is 6.10 Å². The summed E-state index contributed by atoms with van der Waals surface area (Å²) in [5, 5.41) is 0. The Morgan fingerprint density at radius 2 is 1.21 bits per heavy atom. The number of carbonyl (C=O) groups excluding carboxylic acids is 1. The third kappa shape index (κ3) is 7.73. The highest BCUT2D eigenvalue weighted by atomic mass is 79.9. The smallest absolute Gasteiger partial charge is 0.330 e. The minimum Gasteiger partial charge on any atom is -0.457 e. The average molecular weight is 804 g/mol. The summed E-state index contributed by atoms with van der Waals surface area (Å²) in [5.41, 5.74) is 0. The number of thioether (sulfide) groups is 2. The number of hydrogen-bond donors (Lipinski definition) is 0. The molecule has 2 aromatic rings. The van der Waals surface area contributed by atoms with Crippen molar-refractivity contribution in [1.82, 2.24) is 0 Å². The number of hydrogen-bond acceptors (Lipinski definition) is 4. The lowest BCUT2D eigenvalue weighted by atomic mass is 10.4. The van der Waals surface area contributed by atoms with E-state index in [0.29, 0.717) is 11.5 Å². The van der Waals surface area contributed by atoms with Crippen molar-refractivity contribution in [3.63, 3.8) is 0 Å². The van der Waals surface area contributed by atoms with Crippen molar-refractivity contribution < 1.29 is 9.53 Å². The minimum absolute atomic E-state index is 0.287. The molecule has 0 aliphatic carbocycles. The maximum atomic E-state index is 11.8. The molecule has 0 N–H and O–H groups in total. The molecule has 0 aromatic heterocycles. The Morgan fingerprint density at radius 1 is 0.857 bits per heavy atom. The molecule has 0 heterocycles.